The minimum absolute atomic E-state index is 0.0411. The molecule has 3 rings (SSSR count). The zero-order valence-corrected chi connectivity index (χ0v) is 15.0. The second-order valence-corrected chi connectivity index (χ2v) is 6.88. The summed E-state index contributed by atoms with van der Waals surface area (Å²) < 4.78 is 13.1. The minimum Gasteiger partial charge on any atom is -0.352 e. The van der Waals surface area contributed by atoms with Gasteiger partial charge in [0, 0.05) is 13.0 Å². The number of nitrogens with one attached hydrogen (secondary N) is 1. The molecule has 1 N–H and O–H groups in total. The molecule has 0 radical (unpaired) electrons. The van der Waals surface area contributed by atoms with Crippen molar-refractivity contribution in [2.45, 2.75) is 19.4 Å². The SMILES string of the molecule is O=C(CCc1ccc(F)c(Cl)c1)NCc1ccccc1-c1ccsc1. The van der Waals surface area contributed by atoms with Gasteiger partial charge in [-0.15, -0.1) is 0 Å². The van der Waals surface area contributed by atoms with Gasteiger partial charge >= 0.3 is 0 Å². The minimum atomic E-state index is -0.445. The van der Waals surface area contributed by atoms with E-state index in [9.17, 15) is 9.18 Å². The van der Waals surface area contributed by atoms with Crippen molar-refractivity contribution < 1.29 is 9.18 Å². The molecule has 0 aliphatic carbocycles. The first-order valence-electron chi connectivity index (χ1n) is 7.94. The van der Waals surface area contributed by atoms with E-state index in [0.29, 0.717) is 19.4 Å². The van der Waals surface area contributed by atoms with Gasteiger partial charge in [0.15, 0.2) is 0 Å². The Morgan fingerprint density at radius 2 is 2.00 bits per heavy atom. The van der Waals surface area contributed by atoms with Crippen molar-refractivity contribution in [1.29, 1.82) is 0 Å². The maximum Gasteiger partial charge on any atom is 0.220 e. The van der Waals surface area contributed by atoms with Crippen LogP contribution >= 0.6 is 22.9 Å². The van der Waals surface area contributed by atoms with Crippen LogP contribution in [-0.2, 0) is 17.8 Å². The van der Waals surface area contributed by atoms with Crippen LogP contribution in [0.3, 0.4) is 0 Å². The number of benzene rings is 2. The lowest BCUT2D eigenvalue weighted by Gasteiger charge is -2.10. The highest BCUT2D eigenvalue weighted by molar-refractivity contribution is 7.08. The van der Waals surface area contributed by atoms with Gasteiger partial charge in [0.25, 0.3) is 0 Å². The average molecular weight is 374 g/mol. The first-order valence-corrected chi connectivity index (χ1v) is 9.26. The van der Waals surface area contributed by atoms with Crippen molar-refractivity contribution in [1.82, 2.24) is 5.32 Å². The van der Waals surface area contributed by atoms with Crippen molar-refractivity contribution in [3.05, 3.63) is 81.3 Å². The normalized spacial score (nSPS) is 10.6. The summed E-state index contributed by atoms with van der Waals surface area (Å²) in [5.74, 6) is -0.486. The molecule has 25 heavy (non-hydrogen) atoms. The average Bonchev–Trinajstić information content (AvgIpc) is 3.15. The van der Waals surface area contributed by atoms with Crippen LogP contribution in [0.25, 0.3) is 11.1 Å². The van der Waals surface area contributed by atoms with Gasteiger partial charge in [0.05, 0.1) is 5.02 Å². The van der Waals surface area contributed by atoms with Gasteiger partial charge in [-0.1, -0.05) is 41.9 Å². The van der Waals surface area contributed by atoms with Crippen LogP contribution in [0.15, 0.2) is 59.3 Å². The van der Waals surface area contributed by atoms with Gasteiger partial charge < -0.3 is 5.32 Å². The largest absolute Gasteiger partial charge is 0.352 e. The van der Waals surface area contributed by atoms with E-state index in [0.717, 1.165) is 22.3 Å². The summed E-state index contributed by atoms with van der Waals surface area (Å²) in [5, 5.41) is 7.18. The van der Waals surface area contributed by atoms with E-state index in [4.69, 9.17) is 11.6 Å². The summed E-state index contributed by atoms with van der Waals surface area (Å²) in [6, 6.07) is 14.7. The number of halogens is 2. The predicted octanol–water partition coefficient (Wildman–Crippen LogP) is 5.46. The highest BCUT2D eigenvalue weighted by Gasteiger charge is 2.08. The molecule has 0 saturated heterocycles. The Labute approximate surface area is 155 Å². The molecule has 128 valence electrons. The number of carbonyl (C=O) groups is 1. The van der Waals surface area contributed by atoms with Gasteiger partial charge in [-0.25, -0.2) is 4.39 Å². The second kappa shape index (κ2) is 8.28. The van der Waals surface area contributed by atoms with Crippen LogP contribution in [0, 0.1) is 5.82 Å². The molecule has 0 bridgehead atoms. The molecule has 0 saturated carbocycles. The Morgan fingerprint density at radius 3 is 2.76 bits per heavy atom. The Balaban J connectivity index is 1.57. The summed E-state index contributed by atoms with van der Waals surface area (Å²) in [6.45, 7) is 0.481. The molecular formula is C20H17ClFNOS. The molecule has 0 aliphatic rings. The van der Waals surface area contributed by atoms with E-state index in [1.807, 2.05) is 23.6 Å². The lowest BCUT2D eigenvalue weighted by Crippen LogP contribution is -2.23. The molecule has 0 aliphatic heterocycles. The van der Waals surface area contributed by atoms with E-state index in [2.05, 4.69) is 22.8 Å². The standard InChI is InChI=1S/C20H17ClFNOS/c21-18-11-14(5-7-19(18)22)6-8-20(24)23-12-15-3-1-2-4-17(15)16-9-10-25-13-16/h1-5,7,9-11,13H,6,8,12H2,(H,23,24). The maximum absolute atomic E-state index is 13.1. The van der Waals surface area contributed by atoms with Crippen molar-refractivity contribution >= 4 is 28.8 Å². The van der Waals surface area contributed by atoms with E-state index < -0.39 is 5.82 Å². The lowest BCUT2D eigenvalue weighted by molar-refractivity contribution is -0.121. The summed E-state index contributed by atoms with van der Waals surface area (Å²) in [4.78, 5) is 12.1. The molecule has 0 atom stereocenters. The third kappa shape index (κ3) is 4.68. The molecule has 3 aromatic rings. The van der Waals surface area contributed by atoms with E-state index >= 15 is 0 Å². The Hall–Kier alpha value is -2.17. The van der Waals surface area contributed by atoms with Gasteiger partial charge in [0.2, 0.25) is 5.91 Å². The smallest absolute Gasteiger partial charge is 0.220 e. The van der Waals surface area contributed by atoms with Crippen LogP contribution in [0.5, 0.6) is 0 Å². The topological polar surface area (TPSA) is 29.1 Å². The van der Waals surface area contributed by atoms with Crippen LogP contribution < -0.4 is 5.32 Å². The molecule has 0 spiro atoms. The van der Waals surface area contributed by atoms with Crippen molar-refractivity contribution in [2.75, 3.05) is 0 Å². The summed E-state index contributed by atoms with van der Waals surface area (Å²) in [7, 11) is 0. The quantitative estimate of drug-likeness (QED) is 0.611. The number of amides is 1. The van der Waals surface area contributed by atoms with Crippen molar-refractivity contribution in [2.24, 2.45) is 0 Å². The number of hydrogen-bond acceptors (Lipinski definition) is 2. The number of hydrogen-bond donors (Lipinski definition) is 1. The lowest BCUT2D eigenvalue weighted by atomic mass is 10.0. The molecule has 2 aromatic carbocycles. The van der Waals surface area contributed by atoms with Crippen LogP contribution in [0.4, 0.5) is 4.39 Å². The third-order valence-electron chi connectivity index (χ3n) is 3.95. The van der Waals surface area contributed by atoms with E-state index in [-0.39, 0.29) is 10.9 Å². The molecule has 1 amide bonds. The van der Waals surface area contributed by atoms with Crippen molar-refractivity contribution in [3.8, 4) is 11.1 Å². The predicted molar refractivity (Wildman–Crippen MR) is 101 cm³/mol. The molecule has 1 heterocycles. The number of rotatable bonds is 6. The van der Waals surface area contributed by atoms with Gasteiger partial charge in [0.1, 0.15) is 5.82 Å². The van der Waals surface area contributed by atoms with Crippen LogP contribution in [0.2, 0.25) is 5.02 Å². The molecule has 2 nitrogen and oxygen atoms in total. The van der Waals surface area contributed by atoms with Crippen LogP contribution in [0.1, 0.15) is 17.5 Å². The van der Waals surface area contributed by atoms with Gasteiger partial charge in [-0.2, -0.15) is 11.3 Å². The Kier molecular flexibility index (Phi) is 5.84. The first-order chi connectivity index (χ1) is 12.1. The fraction of sp³-hybridized carbons (Fsp3) is 0.150. The molecule has 0 unspecified atom stereocenters. The molecular weight excluding hydrogens is 357 g/mol. The maximum atomic E-state index is 13.1. The zero-order valence-electron chi connectivity index (χ0n) is 13.5. The fourth-order valence-electron chi connectivity index (χ4n) is 2.61. The van der Waals surface area contributed by atoms with Crippen molar-refractivity contribution in [3.63, 3.8) is 0 Å². The summed E-state index contributed by atoms with van der Waals surface area (Å²) >= 11 is 7.41. The Bertz CT molecular complexity index is 864. The molecule has 5 heteroatoms. The monoisotopic (exact) mass is 373 g/mol. The number of aryl methyl sites for hydroxylation is 1. The number of carbonyl (C=O) groups excluding carboxylic acids is 1. The fourth-order valence-corrected chi connectivity index (χ4v) is 3.47. The Morgan fingerprint density at radius 1 is 1.16 bits per heavy atom. The highest BCUT2D eigenvalue weighted by atomic mass is 35.5. The molecule has 0 fully saturated rings. The molecule has 1 aromatic heterocycles. The number of thiophene rings is 1. The van der Waals surface area contributed by atoms with E-state index in [1.54, 1.807) is 23.5 Å². The zero-order chi connectivity index (χ0) is 17.6. The van der Waals surface area contributed by atoms with Gasteiger partial charge in [-0.3, -0.25) is 4.79 Å². The van der Waals surface area contributed by atoms with E-state index in [1.165, 1.54) is 6.07 Å². The van der Waals surface area contributed by atoms with Gasteiger partial charge in [-0.05, 0) is 57.6 Å². The second-order valence-electron chi connectivity index (χ2n) is 5.69. The summed E-state index contributed by atoms with van der Waals surface area (Å²) in [6.07, 6.45) is 0.862. The van der Waals surface area contributed by atoms with Crippen LogP contribution in [-0.4, -0.2) is 5.91 Å². The third-order valence-corrected chi connectivity index (χ3v) is 4.92. The first kappa shape index (κ1) is 17.6. The summed E-state index contributed by atoms with van der Waals surface area (Å²) in [5.41, 5.74) is 4.23. The highest BCUT2D eigenvalue weighted by Crippen LogP contribution is 2.25.